The minimum absolute atomic E-state index is 0.0492. The van der Waals surface area contributed by atoms with Gasteiger partial charge in [0.15, 0.2) is 0 Å². The van der Waals surface area contributed by atoms with Crippen molar-refractivity contribution in [2.24, 2.45) is 11.3 Å². The number of hydrogen-bond acceptors (Lipinski definition) is 3. The molecule has 2 unspecified atom stereocenters. The van der Waals surface area contributed by atoms with Crippen LogP contribution in [0.3, 0.4) is 0 Å². The van der Waals surface area contributed by atoms with Crippen molar-refractivity contribution < 1.29 is 19.4 Å². The zero-order valence-corrected chi connectivity index (χ0v) is 11.9. The fourth-order valence-electron chi connectivity index (χ4n) is 3.07. The second-order valence-corrected chi connectivity index (χ2v) is 6.87. The number of ether oxygens (including phenoxy) is 1. The summed E-state index contributed by atoms with van der Waals surface area (Å²) in [5, 5.41) is 8.86. The lowest BCUT2D eigenvalue weighted by Crippen LogP contribution is -2.44. The first kappa shape index (κ1) is 14.2. The summed E-state index contributed by atoms with van der Waals surface area (Å²) in [6, 6.07) is 0. The van der Waals surface area contributed by atoms with Crippen molar-refractivity contribution in [3.05, 3.63) is 0 Å². The molecule has 1 saturated heterocycles. The van der Waals surface area contributed by atoms with Crippen LogP contribution >= 0.6 is 0 Å². The molecule has 1 spiro atoms. The van der Waals surface area contributed by atoms with Gasteiger partial charge < -0.3 is 14.7 Å². The molecule has 1 amide bonds. The number of aliphatic carboxylic acids is 1. The SMILES string of the molecule is CC(C)(C)OC(=O)N1CCCC2(CC2CC(=O)O)C1. The Kier molecular flexibility index (Phi) is 3.49. The maximum atomic E-state index is 12.0. The Balaban J connectivity index is 1.92. The summed E-state index contributed by atoms with van der Waals surface area (Å²) in [6.07, 6.45) is 2.85. The molecule has 1 N–H and O–H groups in total. The molecule has 1 aliphatic heterocycles. The molecule has 2 aliphatic rings. The van der Waals surface area contributed by atoms with Gasteiger partial charge in [0, 0.05) is 19.5 Å². The molecule has 2 fully saturated rings. The Morgan fingerprint density at radius 2 is 2.11 bits per heavy atom. The first-order valence-corrected chi connectivity index (χ1v) is 6.92. The van der Waals surface area contributed by atoms with E-state index in [9.17, 15) is 9.59 Å². The van der Waals surface area contributed by atoms with Crippen molar-refractivity contribution in [3.8, 4) is 0 Å². The second kappa shape index (κ2) is 4.69. The van der Waals surface area contributed by atoms with Crippen LogP contribution in [-0.4, -0.2) is 40.8 Å². The lowest BCUT2D eigenvalue weighted by Gasteiger charge is -2.35. The van der Waals surface area contributed by atoms with Crippen LogP contribution in [0.15, 0.2) is 0 Å². The van der Waals surface area contributed by atoms with Crippen molar-refractivity contribution in [2.45, 2.75) is 52.1 Å². The van der Waals surface area contributed by atoms with Gasteiger partial charge in [-0.2, -0.15) is 0 Å². The molecule has 2 atom stereocenters. The lowest BCUT2D eigenvalue weighted by atomic mass is 9.91. The fraction of sp³-hybridized carbons (Fsp3) is 0.857. The van der Waals surface area contributed by atoms with E-state index in [0.717, 1.165) is 25.8 Å². The van der Waals surface area contributed by atoms with Gasteiger partial charge in [-0.15, -0.1) is 0 Å². The maximum absolute atomic E-state index is 12.0. The molecule has 1 heterocycles. The van der Waals surface area contributed by atoms with Gasteiger partial charge in [0.1, 0.15) is 5.60 Å². The number of carbonyl (C=O) groups is 2. The van der Waals surface area contributed by atoms with Gasteiger partial charge in [0.2, 0.25) is 0 Å². The Morgan fingerprint density at radius 1 is 1.42 bits per heavy atom. The molecular weight excluding hydrogens is 246 g/mol. The third-order valence-corrected chi connectivity index (χ3v) is 4.04. The zero-order chi connectivity index (χ0) is 14.3. The molecule has 0 aromatic carbocycles. The summed E-state index contributed by atoms with van der Waals surface area (Å²) >= 11 is 0. The predicted molar refractivity (Wildman–Crippen MR) is 69.8 cm³/mol. The van der Waals surface area contributed by atoms with Crippen LogP contribution in [0.2, 0.25) is 0 Å². The monoisotopic (exact) mass is 269 g/mol. The standard InChI is InChI=1S/C14H23NO4/c1-13(2,3)19-12(18)15-6-4-5-14(9-15)8-10(14)7-11(16)17/h10H,4-9H2,1-3H3,(H,16,17). The van der Waals surface area contributed by atoms with E-state index in [1.54, 1.807) is 4.90 Å². The van der Waals surface area contributed by atoms with E-state index in [4.69, 9.17) is 9.84 Å². The van der Waals surface area contributed by atoms with Gasteiger partial charge in [-0.3, -0.25) is 4.79 Å². The summed E-state index contributed by atoms with van der Waals surface area (Å²) in [5.74, 6) is -0.508. The summed E-state index contributed by atoms with van der Waals surface area (Å²) in [7, 11) is 0. The largest absolute Gasteiger partial charge is 0.481 e. The molecule has 108 valence electrons. The highest BCUT2D eigenvalue weighted by Crippen LogP contribution is 2.59. The van der Waals surface area contributed by atoms with E-state index in [2.05, 4.69) is 0 Å². The summed E-state index contributed by atoms with van der Waals surface area (Å²) in [6.45, 7) is 6.94. The Morgan fingerprint density at radius 3 is 2.68 bits per heavy atom. The van der Waals surface area contributed by atoms with E-state index in [-0.39, 0.29) is 23.8 Å². The molecule has 0 aromatic heterocycles. The van der Waals surface area contributed by atoms with Gasteiger partial charge in [-0.05, 0) is 51.4 Å². The highest BCUT2D eigenvalue weighted by molar-refractivity contribution is 5.69. The van der Waals surface area contributed by atoms with Crippen molar-refractivity contribution in [2.75, 3.05) is 13.1 Å². The van der Waals surface area contributed by atoms with Crippen LogP contribution in [0.4, 0.5) is 4.79 Å². The summed E-state index contributed by atoms with van der Waals surface area (Å²) in [5.41, 5.74) is -0.431. The lowest BCUT2D eigenvalue weighted by molar-refractivity contribution is -0.137. The highest BCUT2D eigenvalue weighted by Gasteiger charge is 2.56. The van der Waals surface area contributed by atoms with Crippen LogP contribution in [0.25, 0.3) is 0 Å². The number of piperidine rings is 1. The van der Waals surface area contributed by atoms with Gasteiger partial charge in [0.05, 0.1) is 0 Å². The maximum Gasteiger partial charge on any atom is 0.410 e. The van der Waals surface area contributed by atoms with E-state index >= 15 is 0 Å². The fourth-order valence-corrected chi connectivity index (χ4v) is 3.07. The van der Waals surface area contributed by atoms with E-state index in [1.807, 2.05) is 20.8 Å². The minimum Gasteiger partial charge on any atom is -0.481 e. The molecule has 0 aromatic rings. The molecular formula is C14H23NO4. The predicted octanol–water partition coefficient (Wildman–Crippen LogP) is 2.50. The molecule has 19 heavy (non-hydrogen) atoms. The molecule has 0 radical (unpaired) electrons. The Hall–Kier alpha value is -1.26. The smallest absolute Gasteiger partial charge is 0.410 e. The number of carbonyl (C=O) groups excluding carboxylic acids is 1. The van der Waals surface area contributed by atoms with Crippen LogP contribution in [0.5, 0.6) is 0 Å². The van der Waals surface area contributed by atoms with Gasteiger partial charge >= 0.3 is 12.1 Å². The quantitative estimate of drug-likeness (QED) is 0.836. The summed E-state index contributed by atoms with van der Waals surface area (Å²) in [4.78, 5) is 24.6. The number of rotatable bonds is 2. The molecule has 1 saturated carbocycles. The first-order chi connectivity index (χ1) is 8.72. The van der Waals surface area contributed by atoms with Gasteiger partial charge in [-0.25, -0.2) is 4.79 Å². The average molecular weight is 269 g/mol. The minimum atomic E-state index is -0.740. The van der Waals surface area contributed by atoms with E-state index in [0.29, 0.717) is 6.54 Å². The molecule has 5 nitrogen and oxygen atoms in total. The second-order valence-electron chi connectivity index (χ2n) is 6.87. The van der Waals surface area contributed by atoms with E-state index < -0.39 is 11.6 Å². The Bertz CT molecular complexity index is 387. The number of carboxylic acid groups (broad SMARTS) is 1. The van der Waals surface area contributed by atoms with Crippen LogP contribution in [-0.2, 0) is 9.53 Å². The third-order valence-electron chi connectivity index (χ3n) is 4.04. The number of likely N-dealkylation sites (tertiary alicyclic amines) is 1. The molecule has 1 aliphatic carbocycles. The highest BCUT2D eigenvalue weighted by atomic mass is 16.6. The normalized spacial score (nSPS) is 30.3. The average Bonchev–Trinajstić information content (AvgIpc) is 2.86. The number of amides is 1. The van der Waals surface area contributed by atoms with Crippen LogP contribution in [0.1, 0.15) is 46.5 Å². The number of carboxylic acids is 1. The van der Waals surface area contributed by atoms with Crippen molar-refractivity contribution in [1.29, 1.82) is 0 Å². The van der Waals surface area contributed by atoms with Gasteiger partial charge in [0.25, 0.3) is 0 Å². The molecule has 2 rings (SSSR count). The number of nitrogens with zero attached hydrogens (tertiary/aromatic N) is 1. The molecule has 5 heteroatoms. The molecule has 0 bridgehead atoms. The van der Waals surface area contributed by atoms with E-state index in [1.165, 1.54) is 0 Å². The zero-order valence-electron chi connectivity index (χ0n) is 11.9. The van der Waals surface area contributed by atoms with Crippen molar-refractivity contribution >= 4 is 12.1 Å². The Labute approximate surface area is 113 Å². The number of hydrogen-bond donors (Lipinski definition) is 1. The first-order valence-electron chi connectivity index (χ1n) is 6.92. The van der Waals surface area contributed by atoms with Crippen LogP contribution in [0, 0.1) is 11.3 Å². The van der Waals surface area contributed by atoms with Crippen molar-refractivity contribution in [1.82, 2.24) is 4.90 Å². The topological polar surface area (TPSA) is 66.8 Å². The third kappa shape index (κ3) is 3.39. The summed E-state index contributed by atoms with van der Waals surface area (Å²) < 4.78 is 5.39. The van der Waals surface area contributed by atoms with Gasteiger partial charge in [-0.1, -0.05) is 0 Å². The van der Waals surface area contributed by atoms with Crippen LogP contribution < -0.4 is 0 Å². The van der Waals surface area contributed by atoms with Crippen molar-refractivity contribution in [3.63, 3.8) is 0 Å².